The van der Waals surface area contributed by atoms with E-state index in [-0.39, 0.29) is 16.8 Å². The molecule has 8 heteroatoms. The van der Waals surface area contributed by atoms with Crippen molar-refractivity contribution in [3.05, 3.63) is 24.3 Å². The molecular formula is C18H30N3O4S+. The van der Waals surface area contributed by atoms with Gasteiger partial charge < -0.3 is 15.0 Å². The minimum atomic E-state index is -3.51. The summed E-state index contributed by atoms with van der Waals surface area (Å²) < 4.78 is 32.5. The highest BCUT2D eigenvalue weighted by atomic mass is 32.2. The number of ether oxygens (including phenoxy) is 1. The molecule has 0 radical (unpaired) electrons. The number of benzene rings is 1. The topological polar surface area (TPSA) is 80.2 Å². The average molecular weight is 385 g/mol. The molecule has 26 heavy (non-hydrogen) atoms. The smallest absolute Gasteiger partial charge is 0.278 e. The number of sulfonamides is 1. The van der Waals surface area contributed by atoms with Crippen LogP contribution in [0.2, 0.25) is 0 Å². The molecule has 0 aliphatic carbocycles. The molecular weight excluding hydrogens is 354 g/mol. The molecule has 1 saturated heterocycles. The highest BCUT2D eigenvalue weighted by Crippen LogP contribution is 2.19. The van der Waals surface area contributed by atoms with Gasteiger partial charge in [0.2, 0.25) is 10.0 Å². The number of piperazine rings is 1. The Balaban J connectivity index is 1.96. The van der Waals surface area contributed by atoms with E-state index in [9.17, 15) is 13.2 Å². The Morgan fingerprint density at radius 3 is 2.38 bits per heavy atom. The van der Waals surface area contributed by atoms with E-state index < -0.39 is 10.0 Å². The summed E-state index contributed by atoms with van der Waals surface area (Å²) in [6, 6.07) is 6.36. The maximum atomic E-state index is 12.8. The van der Waals surface area contributed by atoms with Crippen molar-refractivity contribution < 1.29 is 22.8 Å². The number of hydrogen-bond donors (Lipinski definition) is 2. The highest BCUT2D eigenvalue weighted by molar-refractivity contribution is 7.89. The average Bonchev–Trinajstić information content (AvgIpc) is 2.66. The summed E-state index contributed by atoms with van der Waals surface area (Å²) in [6.07, 6.45) is 0.905. The number of carbonyl (C=O) groups is 1. The first-order valence-corrected chi connectivity index (χ1v) is 10.7. The monoisotopic (exact) mass is 384 g/mol. The minimum Gasteiger partial charge on any atom is -0.494 e. The van der Waals surface area contributed by atoms with Crippen molar-refractivity contribution in [2.45, 2.75) is 38.1 Å². The zero-order valence-corrected chi connectivity index (χ0v) is 16.6. The maximum Gasteiger partial charge on any atom is 0.278 e. The Morgan fingerprint density at radius 1 is 1.23 bits per heavy atom. The highest BCUT2D eigenvalue weighted by Gasteiger charge is 2.34. The lowest BCUT2D eigenvalue weighted by Gasteiger charge is -2.34. The first-order chi connectivity index (χ1) is 12.4. The number of nitrogens with one attached hydrogen (secondary N) is 2. The van der Waals surface area contributed by atoms with E-state index in [1.165, 1.54) is 4.31 Å². The SMILES string of the molecule is CCCNC(=O)[C@@H](C)[NH+]1CCN(S(=O)(=O)c2ccc(OCC)cc2)CC1. The first kappa shape index (κ1) is 20.7. The number of carbonyl (C=O) groups excluding carboxylic acids is 1. The second-order valence-corrected chi connectivity index (χ2v) is 8.42. The minimum absolute atomic E-state index is 0.0321. The molecule has 1 aliphatic rings. The summed E-state index contributed by atoms with van der Waals surface area (Å²) >= 11 is 0. The molecule has 1 heterocycles. The third-order valence-electron chi connectivity index (χ3n) is 4.69. The molecule has 7 nitrogen and oxygen atoms in total. The molecule has 1 aromatic rings. The predicted molar refractivity (Wildman–Crippen MR) is 99.8 cm³/mol. The number of rotatable bonds is 8. The third kappa shape index (κ3) is 4.96. The van der Waals surface area contributed by atoms with E-state index in [4.69, 9.17) is 4.74 Å². The second kappa shape index (κ2) is 9.34. The number of quaternary nitrogens is 1. The van der Waals surface area contributed by atoms with Crippen molar-refractivity contribution in [1.82, 2.24) is 9.62 Å². The van der Waals surface area contributed by atoms with E-state index in [0.717, 1.165) is 11.3 Å². The molecule has 1 aromatic carbocycles. The van der Waals surface area contributed by atoms with Crippen LogP contribution in [-0.4, -0.2) is 64.0 Å². The molecule has 0 saturated carbocycles. The van der Waals surface area contributed by atoms with Crippen LogP contribution in [-0.2, 0) is 14.8 Å². The van der Waals surface area contributed by atoms with Gasteiger partial charge in [-0.05, 0) is 44.5 Å². The first-order valence-electron chi connectivity index (χ1n) is 9.25. The van der Waals surface area contributed by atoms with Crippen LogP contribution in [0.25, 0.3) is 0 Å². The molecule has 0 spiro atoms. The van der Waals surface area contributed by atoms with Crippen LogP contribution >= 0.6 is 0 Å². The van der Waals surface area contributed by atoms with Crippen LogP contribution in [0.5, 0.6) is 5.75 Å². The second-order valence-electron chi connectivity index (χ2n) is 6.48. The van der Waals surface area contributed by atoms with Gasteiger partial charge in [-0.1, -0.05) is 6.92 Å². The van der Waals surface area contributed by atoms with Gasteiger partial charge in [-0.25, -0.2) is 8.42 Å². The summed E-state index contributed by atoms with van der Waals surface area (Å²) in [7, 11) is -3.51. The number of nitrogens with zero attached hydrogens (tertiary/aromatic N) is 1. The third-order valence-corrected chi connectivity index (χ3v) is 6.60. The van der Waals surface area contributed by atoms with E-state index >= 15 is 0 Å². The van der Waals surface area contributed by atoms with Gasteiger partial charge >= 0.3 is 0 Å². The number of amides is 1. The molecule has 1 aliphatic heterocycles. The van der Waals surface area contributed by atoms with Gasteiger partial charge in [0.25, 0.3) is 5.91 Å². The molecule has 2 N–H and O–H groups in total. The summed E-state index contributed by atoms with van der Waals surface area (Å²) in [5, 5.41) is 2.91. The quantitative estimate of drug-likeness (QED) is 0.655. The fourth-order valence-corrected chi connectivity index (χ4v) is 4.50. The predicted octanol–water partition coefficient (Wildman–Crippen LogP) is -0.111. The van der Waals surface area contributed by atoms with Crippen LogP contribution in [0, 0.1) is 0 Å². The zero-order valence-electron chi connectivity index (χ0n) is 15.8. The fraction of sp³-hybridized carbons (Fsp3) is 0.611. The maximum absolute atomic E-state index is 12.8. The van der Waals surface area contributed by atoms with Crippen LogP contribution in [0.4, 0.5) is 0 Å². The Morgan fingerprint density at radius 2 is 1.85 bits per heavy atom. The van der Waals surface area contributed by atoms with Gasteiger partial charge in [0.15, 0.2) is 6.04 Å². The summed E-state index contributed by atoms with van der Waals surface area (Å²) in [5.74, 6) is 0.692. The number of hydrogen-bond acceptors (Lipinski definition) is 4. The van der Waals surface area contributed by atoms with E-state index in [2.05, 4.69) is 5.32 Å². The van der Waals surface area contributed by atoms with E-state index in [0.29, 0.717) is 45.1 Å². The molecule has 1 fully saturated rings. The lowest BCUT2D eigenvalue weighted by atomic mass is 10.2. The lowest BCUT2D eigenvalue weighted by molar-refractivity contribution is -0.917. The summed E-state index contributed by atoms with van der Waals surface area (Å²) in [4.78, 5) is 13.5. The van der Waals surface area contributed by atoms with Gasteiger partial charge in [-0.3, -0.25) is 4.79 Å². The molecule has 0 unspecified atom stereocenters. The Labute approximate surface area is 156 Å². The largest absolute Gasteiger partial charge is 0.494 e. The summed E-state index contributed by atoms with van der Waals surface area (Å²) in [6.45, 7) is 9.09. The van der Waals surface area contributed by atoms with Crippen LogP contribution in [0.3, 0.4) is 0 Å². The molecule has 1 atom stereocenters. The van der Waals surface area contributed by atoms with Gasteiger partial charge in [-0.15, -0.1) is 0 Å². The molecule has 2 rings (SSSR count). The Hall–Kier alpha value is -1.64. The van der Waals surface area contributed by atoms with Crippen LogP contribution in [0.1, 0.15) is 27.2 Å². The van der Waals surface area contributed by atoms with Gasteiger partial charge in [-0.2, -0.15) is 4.31 Å². The van der Waals surface area contributed by atoms with Crippen molar-refractivity contribution >= 4 is 15.9 Å². The van der Waals surface area contributed by atoms with Crippen LogP contribution in [0.15, 0.2) is 29.2 Å². The molecule has 0 aromatic heterocycles. The molecule has 146 valence electrons. The molecule has 0 bridgehead atoms. The fourth-order valence-electron chi connectivity index (χ4n) is 3.06. The van der Waals surface area contributed by atoms with Crippen molar-refractivity contribution in [2.75, 3.05) is 39.3 Å². The van der Waals surface area contributed by atoms with E-state index in [1.54, 1.807) is 24.3 Å². The van der Waals surface area contributed by atoms with Gasteiger partial charge in [0, 0.05) is 6.54 Å². The normalized spacial score (nSPS) is 17.7. The standard InChI is InChI=1S/C18H29N3O4S/c1-4-10-19-18(22)15(3)20-11-13-21(14-12-20)26(23,24)17-8-6-16(7-9-17)25-5-2/h6-9,15H,4-5,10-14H2,1-3H3,(H,19,22)/p+1/t15-/m1/s1. The van der Waals surface area contributed by atoms with Crippen molar-refractivity contribution in [1.29, 1.82) is 0 Å². The summed E-state index contributed by atoms with van der Waals surface area (Å²) in [5.41, 5.74) is 0. The van der Waals surface area contributed by atoms with Gasteiger partial charge in [0.05, 0.1) is 37.7 Å². The van der Waals surface area contributed by atoms with Crippen molar-refractivity contribution in [3.8, 4) is 5.75 Å². The zero-order chi connectivity index (χ0) is 19.2. The van der Waals surface area contributed by atoms with Crippen molar-refractivity contribution in [3.63, 3.8) is 0 Å². The van der Waals surface area contributed by atoms with E-state index in [1.807, 2.05) is 20.8 Å². The van der Waals surface area contributed by atoms with Crippen LogP contribution < -0.4 is 15.0 Å². The van der Waals surface area contributed by atoms with Crippen molar-refractivity contribution in [2.24, 2.45) is 0 Å². The Kier molecular flexibility index (Phi) is 7.43. The lowest BCUT2D eigenvalue weighted by Crippen LogP contribution is -3.19. The van der Waals surface area contributed by atoms with Gasteiger partial charge in [0.1, 0.15) is 5.75 Å². The molecule has 1 amide bonds. The Bertz CT molecular complexity index is 683.